The molecule has 0 aliphatic heterocycles. The standard InChI is InChI=1S/C12H17N3O3.C3H3F3O2/c1-9(2)14(3)12(18)10-4-6-15(13-8-10)7-5-11(16)17;1-8-2(7)3(4,5)6/h4,6,8-9H,5,7H2,1-3H3;1H3/p+1. The lowest BCUT2D eigenvalue weighted by Gasteiger charge is -2.20. The number of aryl methyl sites for hydroxylation is 1. The van der Waals surface area contributed by atoms with Gasteiger partial charge in [-0.2, -0.15) is 13.2 Å². The van der Waals surface area contributed by atoms with E-state index in [2.05, 4.69) is 9.84 Å². The zero-order chi connectivity index (χ0) is 20.5. The summed E-state index contributed by atoms with van der Waals surface area (Å²) in [5.74, 6) is -3.13. The number of ether oxygens (including phenoxy) is 1. The summed E-state index contributed by atoms with van der Waals surface area (Å²) in [4.78, 5) is 33.5. The number of hydrogen-bond acceptors (Lipinski definition) is 5. The molecule has 0 fully saturated rings. The number of carboxylic acids is 1. The van der Waals surface area contributed by atoms with Crippen molar-refractivity contribution in [1.82, 2.24) is 10.00 Å². The Morgan fingerprint density at radius 3 is 2.23 bits per heavy atom. The van der Waals surface area contributed by atoms with E-state index in [1.54, 1.807) is 24.2 Å². The van der Waals surface area contributed by atoms with Crippen molar-refractivity contribution in [1.29, 1.82) is 0 Å². The fraction of sp³-hybridized carbons (Fsp3) is 0.533. The van der Waals surface area contributed by atoms with E-state index in [4.69, 9.17) is 5.11 Å². The Bertz CT molecular complexity index is 618. The molecule has 1 N–H and O–H groups in total. The third kappa shape index (κ3) is 8.40. The van der Waals surface area contributed by atoms with Gasteiger partial charge in [-0.15, -0.1) is 0 Å². The van der Waals surface area contributed by atoms with Gasteiger partial charge in [0.05, 0.1) is 12.7 Å². The zero-order valence-electron chi connectivity index (χ0n) is 14.8. The highest BCUT2D eigenvalue weighted by atomic mass is 19.4. The number of amides is 1. The molecule has 11 heteroatoms. The van der Waals surface area contributed by atoms with Gasteiger partial charge in [-0.3, -0.25) is 9.59 Å². The Morgan fingerprint density at radius 1 is 1.35 bits per heavy atom. The van der Waals surface area contributed by atoms with Crippen LogP contribution < -0.4 is 4.68 Å². The molecular formula is C15H21F3N3O5+. The average Bonchev–Trinajstić information content (AvgIpc) is 2.57. The molecular weight excluding hydrogens is 359 g/mol. The maximum atomic E-state index is 11.9. The molecule has 0 aliphatic carbocycles. The van der Waals surface area contributed by atoms with Crippen LogP contribution in [0.2, 0.25) is 0 Å². The molecule has 0 spiro atoms. The van der Waals surface area contributed by atoms with E-state index in [1.807, 2.05) is 13.8 Å². The number of rotatable bonds is 5. The number of carbonyl (C=O) groups is 3. The van der Waals surface area contributed by atoms with E-state index in [9.17, 15) is 27.6 Å². The van der Waals surface area contributed by atoms with E-state index < -0.39 is 18.1 Å². The van der Waals surface area contributed by atoms with E-state index in [1.165, 1.54) is 10.9 Å². The van der Waals surface area contributed by atoms with Crippen molar-refractivity contribution in [3.63, 3.8) is 0 Å². The fourth-order valence-electron chi connectivity index (χ4n) is 1.41. The van der Waals surface area contributed by atoms with E-state index >= 15 is 0 Å². The molecule has 1 amide bonds. The van der Waals surface area contributed by atoms with Gasteiger partial charge in [0.25, 0.3) is 5.91 Å². The second kappa shape index (κ2) is 10.3. The number of carboxylic acid groups (broad SMARTS) is 1. The van der Waals surface area contributed by atoms with Gasteiger partial charge >= 0.3 is 18.1 Å². The third-order valence-electron chi connectivity index (χ3n) is 3.08. The van der Waals surface area contributed by atoms with Gasteiger partial charge in [-0.1, -0.05) is 4.68 Å². The van der Waals surface area contributed by atoms with Gasteiger partial charge in [0.2, 0.25) is 0 Å². The summed E-state index contributed by atoms with van der Waals surface area (Å²) in [6.45, 7) is 4.16. The molecule has 1 heterocycles. The maximum absolute atomic E-state index is 11.9. The highest BCUT2D eigenvalue weighted by molar-refractivity contribution is 5.93. The third-order valence-corrected chi connectivity index (χ3v) is 3.08. The molecule has 0 saturated heterocycles. The normalized spacial score (nSPS) is 10.6. The predicted octanol–water partition coefficient (Wildman–Crippen LogP) is 1.05. The molecule has 1 rings (SSSR count). The minimum Gasteiger partial charge on any atom is -0.481 e. The van der Waals surface area contributed by atoms with Crippen molar-refractivity contribution in [2.24, 2.45) is 0 Å². The maximum Gasteiger partial charge on any atom is 0.490 e. The Hall–Kier alpha value is -2.72. The number of esters is 1. The summed E-state index contributed by atoms with van der Waals surface area (Å²) in [5.41, 5.74) is 0.498. The van der Waals surface area contributed by atoms with Gasteiger partial charge in [-0.25, -0.2) is 4.79 Å². The van der Waals surface area contributed by atoms with Crippen molar-refractivity contribution in [3.05, 3.63) is 24.0 Å². The number of hydrogen-bond donors (Lipinski definition) is 1. The Kier molecular flexibility index (Phi) is 9.23. The van der Waals surface area contributed by atoms with Crippen LogP contribution in [0.3, 0.4) is 0 Å². The van der Waals surface area contributed by atoms with Crippen molar-refractivity contribution >= 4 is 17.8 Å². The topological polar surface area (TPSA) is 101 Å². The molecule has 0 unspecified atom stereocenters. The lowest BCUT2D eigenvalue weighted by molar-refractivity contribution is -0.753. The molecule has 1 aromatic rings. The van der Waals surface area contributed by atoms with Gasteiger partial charge in [0.1, 0.15) is 12.6 Å². The summed E-state index contributed by atoms with van der Waals surface area (Å²) in [7, 11) is 2.41. The molecule has 26 heavy (non-hydrogen) atoms. The van der Waals surface area contributed by atoms with Crippen LogP contribution in [0.4, 0.5) is 13.2 Å². The Balaban J connectivity index is 0.000000660. The molecule has 0 bridgehead atoms. The first kappa shape index (κ1) is 23.3. The molecule has 1 aromatic heterocycles. The lowest BCUT2D eigenvalue weighted by atomic mass is 10.2. The number of aromatic nitrogens is 2. The molecule has 0 aromatic carbocycles. The van der Waals surface area contributed by atoms with Gasteiger partial charge in [0.15, 0.2) is 12.7 Å². The summed E-state index contributed by atoms with van der Waals surface area (Å²) in [6, 6.07) is 1.77. The second-order valence-corrected chi connectivity index (χ2v) is 5.32. The largest absolute Gasteiger partial charge is 0.490 e. The van der Waals surface area contributed by atoms with Crippen LogP contribution in [-0.4, -0.2) is 59.3 Å². The SMILES string of the molecule is CC(C)N(C)C(=O)c1cc[n+](CCC(=O)O)nc1.COC(=O)C(F)(F)F. The molecule has 0 saturated carbocycles. The smallest absolute Gasteiger partial charge is 0.481 e. The first-order chi connectivity index (χ1) is 11.9. The summed E-state index contributed by atoms with van der Waals surface area (Å²) < 4.78 is 37.8. The van der Waals surface area contributed by atoms with Crippen LogP contribution >= 0.6 is 0 Å². The Morgan fingerprint density at radius 2 is 1.92 bits per heavy atom. The number of halogens is 3. The highest BCUT2D eigenvalue weighted by Crippen LogP contribution is 2.15. The quantitative estimate of drug-likeness (QED) is 0.605. The van der Waals surface area contributed by atoms with Crippen LogP contribution in [0.15, 0.2) is 18.5 Å². The van der Waals surface area contributed by atoms with E-state index in [-0.39, 0.29) is 18.4 Å². The first-order valence-corrected chi connectivity index (χ1v) is 7.40. The number of nitrogens with zero attached hydrogens (tertiary/aromatic N) is 3. The minimum absolute atomic E-state index is 0.0108. The summed E-state index contributed by atoms with van der Waals surface area (Å²) >= 11 is 0. The van der Waals surface area contributed by atoms with E-state index in [0.29, 0.717) is 19.2 Å². The van der Waals surface area contributed by atoms with Crippen molar-refractivity contribution in [2.75, 3.05) is 14.2 Å². The average molecular weight is 380 g/mol. The van der Waals surface area contributed by atoms with Crippen LogP contribution in [0.5, 0.6) is 0 Å². The summed E-state index contributed by atoms with van der Waals surface area (Å²) in [5, 5.41) is 12.6. The van der Waals surface area contributed by atoms with E-state index in [0.717, 1.165) is 0 Å². The second-order valence-electron chi connectivity index (χ2n) is 5.32. The molecule has 8 nitrogen and oxygen atoms in total. The van der Waals surface area contributed by atoms with Crippen LogP contribution in [0, 0.1) is 0 Å². The molecule has 0 aliphatic rings. The van der Waals surface area contributed by atoms with Crippen LogP contribution in [-0.2, 0) is 20.9 Å². The van der Waals surface area contributed by atoms with Crippen molar-refractivity contribution in [3.8, 4) is 0 Å². The van der Waals surface area contributed by atoms with Crippen LogP contribution in [0.1, 0.15) is 30.6 Å². The number of aliphatic carboxylic acids is 1. The van der Waals surface area contributed by atoms with Crippen LogP contribution in [0.25, 0.3) is 0 Å². The van der Waals surface area contributed by atoms with Gasteiger partial charge in [-0.05, 0) is 18.9 Å². The van der Waals surface area contributed by atoms with Gasteiger partial charge in [0, 0.05) is 19.2 Å². The minimum atomic E-state index is -4.85. The van der Waals surface area contributed by atoms with Crippen molar-refractivity contribution in [2.45, 2.75) is 39.0 Å². The van der Waals surface area contributed by atoms with Gasteiger partial charge < -0.3 is 14.7 Å². The first-order valence-electron chi connectivity index (χ1n) is 7.40. The molecule has 0 atom stereocenters. The molecule has 0 radical (unpaired) electrons. The number of carbonyl (C=O) groups excluding carboxylic acids is 2. The predicted molar refractivity (Wildman–Crippen MR) is 82.0 cm³/mol. The highest BCUT2D eigenvalue weighted by Gasteiger charge is 2.40. The molecule has 146 valence electrons. The lowest BCUT2D eigenvalue weighted by Crippen LogP contribution is -2.39. The zero-order valence-corrected chi connectivity index (χ0v) is 14.8. The fourth-order valence-corrected chi connectivity index (χ4v) is 1.41. The summed E-state index contributed by atoms with van der Waals surface area (Å²) in [6.07, 6.45) is -1.76. The number of methoxy groups -OCH3 is 1. The number of alkyl halides is 3. The Labute approximate surface area is 148 Å². The van der Waals surface area contributed by atoms with Crippen molar-refractivity contribution < 1.29 is 42.1 Å². The monoisotopic (exact) mass is 380 g/mol.